The second-order valence-electron chi connectivity index (χ2n) is 5.91. The molecule has 1 aromatic heterocycles. The van der Waals surface area contributed by atoms with Crippen LogP contribution in [0.1, 0.15) is 17.3 Å². The largest absolute Gasteiger partial charge is 0.450 e. The number of anilines is 2. The van der Waals surface area contributed by atoms with Crippen LogP contribution in [0.4, 0.5) is 16.2 Å². The Morgan fingerprint density at radius 1 is 1.04 bits per heavy atom. The molecule has 2 aromatic rings. The third-order valence-electron chi connectivity index (χ3n) is 4.25. The molecule has 0 atom stereocenters. The number of rotatable bonds is 4. The third-order valence-corrected chi connectivity index (χ3v) is 4.25. The van der Waals surface area contributed by atoms with Crippen molar-refractivity contribution < 1.29 is 14.3 Å². The quantitative estimate of drug-likeness (QED) is 0.913. The van der Waals surface area contributed by atoms with Gasteiger partial charge in [0.15, 0.2) is 0 Å². The highest BCUT2D eigenvalue weighted by atomic mass is 16.5. The lowest BCUT2D eigenvalue weighted by Crippen LogP contribution is -2.48. The molecule has 1 aliphatic rings. The molecule has 26 heavy (non-hydrogen) atoms. The minimum atomic E-state index is -0.501. The van der Waals surface area contributed by atoms with Crippen molar-refractivity contribution in [1.82, 2.24) is 9.88 Å². The van der Waals surface area contributed by atoms with Gasteiger partial charge in [-0.1, -0.05) is 0 Å². The van der Waals surface area contributed by atoms with Crippen molar-refractivity contribution >= 4 is 23.4 Å². The van der Waals surface area contributed by atoms with Crippen LogP contribution in [-0.2, 0) is 4.74 Å². The SMILES string of the molecule is CCOC(=O)Nc1ccc(C(=O)N2CCN(c3ccncc3)CC2)cc1. The van der Waals surface area contributed by atoms with Gasteiger partial charge in [0.05, 0.1) is 6.61 Å². The molecule has 3 rings (SSSR count). The summed E-state index contributed by atoms with van der Waals surface area (Å²) in [6.07, 6.45) is 3.05. The molecule has 2 amide bonds. The smallest absolute Gasteiger partial charge is 0.411 e. The van der Waals surface area contributed by atoms with Crippen molar-refractivity contribution in [3.05, 3.63) is 54.4 Å². The van der Waals surface area contributed by atoms with E-state index in [1.165, 1.54) is 0 Å². The Bertz CT molecular complexity index is 741. The van der Waals surface area contributed by atoms with Gasteiger partial charge in [-0.05, 0) is 43.3 Å². The summed E-state index contributed by atoms with van der Waals surface area (Å²) in [5.74, 6) is 0.00191. The molecule has 1 saturated heterocycles. The lowest BCUT2D eigenvalue weighted by molar-refractivity contribution is 0.0747. The Morgan fingerprint density at radius 3 is 2.31 bits per heavy atom. The molecule has 0 aliphatic carbocycles. The summed E-state index contributed by atoms with van der Waals surface area (Å²) in [6.45, 7) is 4.98. The van der Waals surface area contributed by atoms with Gasteiger partial charge in [-0.2, -0.15) is 0 Å². The second-order valence-corrected chi connectivity index (χ2v) is 5.91. The van der Waals surface area contributed by atoms with Crippen molar-refractivity contribution in [2.24, 2.45) is 0 Å². The number of carbonyl (C=O) groups excluding carboxylic acids is 2. The zero-order valence-electron chi connectivity index (χ0n) is 14.7. The van der Waals surface area contributed by atoms with Crippen LogP contribution in [0.2, 0.25) is 0 Å². The molecular weight excluding hydrogens is 332 g/mol. The average Bonchev–Trinajstić information content (AvgIpc) is 2.69. The van der Waals surface area contributed by atoms with Crippen molar-refractivity contribution in [2.75, 3.05) is 43.0 Å². The van der Waals surface area contributed by atoms with E-state index in [4.69, 9.17) is 4.74 Å². The number of nitrogens with one attached hydrogen (secondary N) is 1. The molecule has 7 heteroatoms. The maximum Gasteiger partial charge on any atom is 0.411 e. The molecule has 136 valence electrons. The topological polar surface area (TPSA) is 74.8 Å². The molecule has 0 unspecified atom stereocenters. The van der Waals surface area contributed by atoms with E-state index < -0.39 is 6.09 Å². The number of piperazine rings is 1. The predicted octanol–water partition coefficient (Wildman–Crippen LogP) is 2.61. The van der Waals surface area contributed by atoms with E-state index in [9.17, 15) is 9.59 Å². The summed E-state index contributed by atoms with van der Waals surface area (Å²) in [4.78, 5) is 32.2. The van der Waals surface area contributed by atoms with Gasteiger partial charge in [0, 0.05) is 55.5 Å². The van der Waals surface area contributed by atoms with Crippen molar-refractivity contribution in [2.45, 2.75) is 6.92 Å². The Balaban J connectivity index is 1.56. The molecular formula is C19H22N4O3. The highest BCUT2D eigenvalue weighted by Crippen LogP contribution is 2.17. The Kier molecular flexibility index (Phi) is 5.68. The number of hydrogen-bond donors (Lipinski definition) is 1. The van der Waals surface area contributed by atoms with Crippen LogP contribution >= 0.6 is 0 Å². The first-order chi connectivity index (χ1) is 12.7. The van der Waals surface area contributed by atoms with Gasteiger partial charge in [-0.15, -0.1) is 0 Å². The van der Waals surface area contributed by atoms with Crippen molar-refractivity contribution in [3.8, 4) is 0 Å². The highest BCUT2D eigenvalue weighted by Gasteiger charge is 2.22. The average molecular weight is 354 g/mol. The van der Waals surface area contributed by atoms with Crippen LogP contribution in [0.15, 0.2) is 48.8 Å². The summed E-state index contributed by atoms with van der Waals surface area (Å²) >= 11 is 0. The molecule has 1 fully saturated rings. The van der Waals surface area contributed by atoms with E-state index in [-0.39, 0.29) is 5.91 Å². The number of carbonyl (C=O) groups is 2. The molecule has 1 aromatic carbocycles. The van der Waals surface area contributed by atoms with Crippen LogP contribution in [0.5, 0.6) is 0 Å². The molecule has 1 N–H and O–H groups in total. The van der Waals surface area contributed by atoms with Gasteiger partial charge in [-0.25, -0.2) is 4.79 Å². The minimum Gasteiger partial charge on any atom is -0.450 e. The summed E-state index contributed by atoms with van der Waals surface area (Å²) in [5, 5.41) is 2.61. The second kappa shape index (κ2) is 8.33. The molecule has 7 nitrogen and oxygen atoms in total. The zero-order valence-corrected chi connectivity index (χ0v) is 14.7. The number of amides is 2. The van der Waals surface area contributed by atoms with Crippen LogP contribution in [0.3, 0.4) is 0 Å². The van der Waals surface area contributed by atoms with Crippen LogP contribution < -0.4 is 10.2 Å². The number of hydrogen-bond acceptors (Lipinski definition) is 5. The fourth-order valence-electron chi connectivity index (χ4n) is 2.89. The first kappa shape index (κ1) is 17.7. The van der Waals surface area contributed by atoms with Gasteiger partial charge in [0.1, 0.15) is 0 Å². The lowest BCUT2D eigenvalue weighted by Gasteiger charge is -2.36. The first-order valence-corrected chi connectivity index (χ1v) is 8.65. The van der Waals surface area contributed by atoms with Crippen LogP contribution in [0.25, 0.3) is 0 Å². The third kappa shape index (κ3) is 4.30. The molecule has 0 bridgehead atoms. The maximum atomic E-state index is 12.7. The van der Waals surface area contributed by atoms with Gasteiger partial charge in [0.2, 0.25) is 0 Å². The van der Waals surface area contributed by atoms with Crippen molar-refractivity contribution in [3.63, 3.8) is 0 Å². The normalized spacial score (nSPS) is 14.0. The Morgan fingerprint density at radius 2 is 1.69 bits per heavy atom. The predicted molar refractivity (Wildman–Crippen MR) is 99.4 cm³/mol. The Labute approximate surface area is 152 Å². The molecule has 0 radical (unpaired) electrons. The van der Waals surface area contributed by atoms with E-state index in [0.29, 0.717) is 30.9 Å². The van der Waals surface area contributed by atoms with Crippen molar-refractivity contribution in [1.29, 1.82) is 0 Å². The van der Waals surface area contributed by atoms with E-state index in [1.807, 2.05) is 17.0 Å². The fraction of sp³-hybridized carbons (Fsp3) is 0.316. The van der Waals surface area contributed by atoms with Gasteiger partial charge in [0.25, 0.3) is 5.91 Å². The lowest BCUT2D eigenvalue weighted by atomic mass is 10.1. The minimum absolute atomic E-state index is 0.00191. The van der Waals surface area contributed by atoms with Crippen LogP contribution in [-0.4, -0.2) is 54.7 Å². The van der Waals surface area contributed by atoms with E-state index in [2.05, 4.69) is 15.2 Å². The molecule has 0 saturated carbocycles. The number of aromatic nitrogens is 1. The summed E-state index contributed by atoms with van der Waals surface area (Å²) < 4.78 is 4.83. The Hall–Kier alpha value is -3.09. The monoisotopic (exact) mass is 354 g/mol. The molecule has 2 heterocycles. The number of ether oxygens (including phenoxy) is 1. The van der Waals surface area contributed by atoms with E-state index in [0.717, 1.165) is 18.8 Å². The van der Waals surface area contributed by atoms with Crippen LogP contribution in [0, 0.1) is 0 Å². The molecule has 0 spiro atoms. The first-order valence-electron chi connectivity index (χ1n) is 8.65. The fourth-order valence-corrected chi connectivity index (χ4v) is 2.89. The number of benzene rings is 1. The van der Waals surface area contributed by atoms with E-state index in [1.54, 1.807) is 43.6 Å². The standard InChI is InChI=1S/C19H22N4O3/c1-2-26-19(25)21-16-5-3-15(4-6-16)18(24)23-13-11-22(12-14-23)17-7-9-20-10-8-17/h3-10H,2,11-14H2,1H3,(H,21,25). The summed E-state index contributed by atoms with van der Waals surface area (Å²) in [6, 6.07) is 10.8. The summed E-state index contributed by atoms with van der Waals surface area (Å²) in [7, 11) is 0. The highest BCUT2D eigenvalue weighted by molar-refractivity contribution is 5.95. The number of pyridine rings is 1. The zero-order chi connectivity index (χ0) is 18.4. The van der Waals surface area contributed by atoms with Gasteiger partial charge < -0.3 is 14.5 Å². The summed E-state index contributed by atoms with van der Waals surface area (Å²) in [5.41, 5.74) is 2.33. The van der Waals surface area contributed by atoms with Gasteiger partial charge >= 0.3 is 6.09 Å². The maximum absolute atomic E-state index is 12.7. The molecule has 1 aliphatic heterocycles. The van der Waals surface area contributed by atoms with E-state index >= 15 is 0 Å². The number of nitrogens with zero attached hydrogens (tertiary/aromatic N) is 3. The van der Waals surface area contributed by atoms with Gasteiger partial charge in [-0.3, -0.25) is 15.1 Å².